The summed E-state index contributed by atoms with van der Waals surface area (Å²) < 4.78 is 40.7. The molecule has 28 heavy (non-hydrogen) atoms. The molecule has 1 N–H and O–H groups in total. The number of nitrogens with zero attached hydrogens (tertiary/aromatic N) is 1. The van der Waals surface area contributed by atoms with Gasteiger partial charge in [-0.15, -0.1) is 0 Å². The smallest absolute Gasteiger partial charge is 0.348 e. The molecule has 8 heteroatoms. The molecule has 0 aliphatic heterocycles. The Bertz CT molecular complexity index is 1030. The van der Waals surface area contributed by atoms with E-state index in [1.807, 2.05) is 37.3 Å². The van der Waals surface area contributed by atoms with E-state index < -0.39 is 17.5 Å². The van der Waals surface area contributed by atoms with Gasteiger partial charge in [-0.1, -0.05) is 46.3 Å². The van der Waals surface area contributed by atoms with E-state index in [0.29, 0.717) is 9.99 Å². The summed E-state index contributed by atoms with van der Waals surface area (Å²) in [5.74, 6) is -2.31. The van der Waals surface area contributed by atoms with Gasteiger partial charge in [0.15, 0.2) is 0 Å². The number of hydrogen-bond acceptors (Lipinski definition) is 2. The van der Waals surface area contributed by atoms with Gasteiger partial charge in [0.2, 0.25) is 5.91 Å². The highest BCUT2D eigenvalue weighted by molar-refractivity contribution is 9.10. The van der Waals surface area contributed by atoms with E-state index in [4.69, 9.17) is 0 Å². The second kappa shape index (κ2) is 7.79. The van der Waals surface area contributed by atoms with E-state index in [1.165, 1.54) is 10.6 Å². The summed E-state index contributed by atoms with van der Waals surface area (Å²) in [4.78, 5) is 24.2. The van der Waals surface area contributed by atoms with E-state index in [9.17, 15) is 22.8 Å². The van der Waals surface area contributed by atoms with Crippen LogP contribution in [0.2, 0.25) is 0 Å². The monoisotopic (exact) mass is 452 g/mol. The molecule has 1 heterocycles. The molecule has 4 nitrogen and oxygen atoms in total. The third-order valence-corrected chi connectivity index (χ3v) is 4.83. The Morgan fingerprint density at radius 2 is 1.82 bits per heavy atom. The van der Waals surface area contributed by atoms with Crippen LogP contribution in [0.5, 0.6) is 0 Å². The van der Waals surface area contributed by atoms with Crippen LogP contribution in [-0.4, -0.2) is 22.4 Å². The molecule has 0 spiro atoms. The lowest BCUT2D eigenvalue weighted by atomic mass is 10.1. The van der Waals surface area contributed by atoms with Crippen LogP contribution >= 0.6 is 15.9 Å². The lowest BCUT2D eigenvalue weighted by Crippen LogP contribution is -2.30. The van der Waals surface area contributed by atoms with Crippen molar-refractivity contribution in [1.82, 2.24) is 9.88 Å². The molecule has 0 bridgehead atoms. The molecular formula is C20H16BrF3N2O2. The molecule has 3 aromatic rings. The molecule has 1 aromatic heterocycles. The molecule has 0 unspecified atom stereocenters. The van der Waals surface area contributed by atoms with Gasteiger partial charge >= 0.3 is 6.18 Å². The number of Topliss-reactive ketones (excluding diaryl/α,β-unsaturated/α-hetero) is 1. The van der Waals surface area contributed by atoms with Gasteiger partial charge in [-0.25, -0.2) is 0 Å². The number of rotatable bonds is 5. The van der Waals surface area contributed by atoms with Crippen molar-refractivity contribution in [1.29, 1.82) is 0 Å². The van der Waals surface area contributed by atoms with Gasteiger partial charge in [0, 0.05) is 21.6 Å². The van der Waals surface area contributed by atoms with Crippen molar-refractivity contribution >= 4 is 38.5 Å². The second-order valence-corrected chi connectivity index (χ2v) is 7.27. The van der Waals surface area contributed by atoms with Crippen LogP contribution in [0.3, 0.4) is 0 Å². The zero-order valence-electron chi connectivity index (χ0n) is 14.8. The van der Waals surface area contributed by atoms with Gasteiger partial charge < -0.3 is 9.88 Å². The Morgan fingerprint density at radius 1 is 1.14 bits per heavy atom. The highest BCUT2D eigenvalue weighted by Gasteiger charge is 2.41. The fraction of sp³-hybridized carbons (Fsp3) is 0.200. The lowest BCUT2D eigenvalue weighted by Gasteiger charge is -2.15. The van der Waals surface area contributed by atoms with Crippen LogP contribution in [0.4, 0.5) is 13.2 Å². The number of amides is 1. The predicted molar refractivity (Wildman–Crippen MR) is 103 cm³/mol. The number of halogens is 4. The molecule has 2 aromatic carbocycles. The first-order chi connectivity index (χ1) is 13.2. The van der Waals surface area contributed by atoms with Crippen LogP contribution in [0.15, 0.2) is 59.2 Å². The van der Waals surface area contributed by atoms with Crippen LogP contribution < -0.4 is 5.32 Å². The van der Waals surface area contributed by atoms with Crippen molar-refractivity contribution in [3.63, 3.8) is 0 Å². The molecule has 0 aliphatic rings. The van der Waals surface area contributed by atoms with Crippen molar-refractivity contribution in [3.8, 4) is 0 Å². The summed E-state index contributed by atoms with van der Waals surface area (Å²) in [5, 5.41) is 2.95. The Morgan fingerprint density at radius 3 is 2.46 bits per heavy atom. The van der Waals surface area contributed by atoms with E-state index in [1.54, 1.807) is 12.1 Å². The first-order valence-electron chi connectivity index (χ1n) is 8.41. The molecular weight excluding hydrogens is 437 g/mol. The third-order valence-electron chi connectivity index (χ3n) is 4.34. The van der Waals surface area contributed by atoms with Gasteiger partial charge in [-0.05, 0) is 30.7 Å². The van der Waals surface area contributed by atoms with Gasteiger partial charge in [0.05, 0.1) is 11.6 Å². The number of benzene rings is 2. The molecule has 0 radical (unpaired) electrons. The fourth-order valence-electron chi connectivity index (χ4n) is 3.00. The van der Waals surface area contributed by atoms with E-state index in [2.05, 4.69) is 21.2 Å². The highest BCUT2D eigenvalue weighted by atomic mass is 79.9. The molecule has 146 valence electrons. The maximum atomic E-state index is 12.9. The number of aromatic nitrogens is 1. The highest BCUT2D eigenvalue weighted by Crippen LogP contribution is 2.30. The average Bonchev–Trinajstić information content (AvgIpc) is 2.98. The molecule has 0 fully saturated rings. The zero-order valence-corrected chi connectivity index (χ0v) is 16.3. The number of fused-ring (bicyclic) bond motifs is 1. The second-order valence-electron chi connectivity index (χ2n) is 6.36. The van der Waals surface area contributed by atoms with Gasteiger partial charge in [-0.3, -0.25) is 9.59 Å². The standard InChI is InChI=1S/C20H16BrF3N2O2/c1-12(13-5-3-2-4-6-13)25-18(27)11-26-10-16(19(28)20(22,23)24)15-9-14(21)7-8-17(15)26/h2-10,12H,11H2,1H3,(H,25,27)/t12-/m0/s1. The average molecular weight is 453 g/mol. The van der Waals surface area contributed by atoms with Crippen LogP contribution in [0.1, 0.15) is 28.9 Å². The summed E-state index contributed by atoms with van der Waals surface area (Å²) in [7, 11) is 0. The third kappa shape index (κ3) is 4.27. The topological polar surface area (TPSA) is 51.1 Å². The number of ketones is 1. The summed E-state index contributed by atoms with van der Waals surface area (Å²) in [6, 6.07) is 13.7. The molecule has 0 saturated heterocycles. The number of carbonyl (C=O) groups excluding carboxylic acids is 2. The summed E-state index contributed by atoms with van der Waals surface area (Å²) >= 11 is 3.20. The fourth-order valence-corrected chi connectivity index (χ4v) is 3.36. The van der Waals surface area contributed by atoms with E-state index >= 15 is 0 Å². The Labute approximate surface area is 167 Å². The summed E-state index contributed by atoms with van der Waals surface area (Å²) in [6.45, 7) is 1.61. The molecule has 1 amide bonds. The van der Waals surface area contributed by atoms with Crippen molar-refractivity contribution in [2.24, 2.45) is 0 Å². The largest absolute Gasteiger partial charge is 0.454 e. The SMILES string of the molecule is C[C@H](NC(=O)Cn1cc(C(=O)C(F)(F)F)c2cc(Br)ccc21)c1ccccc1. The maximum Gasteiger partial charge on any atom is 0.454 e. The quantitative estimate of drug-likeness (QED) is 0.552. The predicted octanol–water partition coefficient (Wildman–Crippen LogP) is 5.03. The van der Waals surface area contributed by atoms with E-state index in [-0.39, 0.29) is 23.9 Å². The van der Waals surface area contributed by atoms with Crippen molar-refractivity contribution < 1.29 is 22.8 Å². The number of hydrogen-bond donors (Lipinski definition) is 1. The van der Waals surface area contributed by atoms with Crippen LogP contribution in [-0.2, 0) is 11.3 Å². The molecule has 0 aliphatic carbocycles. The Kier molecular flexibility index (Phi) is 5.60. The van der Waals surface area contributed by atoms with Crippen LogP contribution in [0.25, 0.3) is 10.9 Å². The van der Waals surface area contributed by atoms with Crippen molar-refractivity contribution in [3.05, 3.63) is 70.3 Å². The summed E-state index contributed by atoms with van der Waals surface area (Å²) in [5.41, 5.74) is 0.802. The molecule has 1 atom stereocenters. The summed E-state index contributed by atoms with van der Waals surface area (Å²) in [6.07, 6.45) is -3.91. The normalized spacial score (nSPS) is 12.8. The number of carbonyl (C=O) groups is 2. The maximum absolute atomic E-state index is 12.9. The van der Waals surface area contributed by atoms with Crippen molar-refractivity contribution in [2.75, 3.05) is 0 Å². The molecule has 3 rings (SSSR count). The Hall–Kier alpha value is -2.61. The number of nitrogens with one attached hydrogen (secondary N) is 1. The minimum absolute atomic E-state index is 0.139. The van der Waals surface area contributed by atoms with Gasteiger partial charge in [0.1, 0.15) is 6.54 Å². The molecule has 0 saturated carbocycles. The Balaban J connectivity index is 1.89. The van der Waals surface area contributed by atoms with Gasteiger partial charge in [-0.2, -0.15) is 13.2 Å². The van der Waals surface area contributed by atoms with Crippen LogP contribution in [0, 0.1) is 0 Å². The van der Waals surface area contributed by atoms with E-state index in [0.717, 1.165) is 11.8 Å². The zero-order chi connectivity index (χ0) is 20.5. The van der Waals surface area contributed by atoms with Gasteiger partial charge in [0.25, 0.3) is 5.78 Å². The first kappa shape index (κ1) is 20.1. The number of alkyl halides is 3. The lowest BCUT2D eigenvalue weighted by molar-refractivity contribution is -0.122. The minimum Gasteiger partial charge on any atom is -0.348 e. The minimum atomic E-state index is -4.99. The first-order valence-corrected chi connectivity index (χ1v) is 9.20. The van der Waals surface area contributed by atoms with Crippen molar-refractivity contribution in [2.45, 2.75) is 25.7 Å².